The SMILES string of the molecule is O=C1CCCC(OC(=O)C2CC2)=C1Sc1ccccc1[N+](=O)[O-]. The lowest BCUT2D eigenvalue weighted by Crippen LogP contribution is -2.15. The van der Waals surface area contributed by atoms with Gasteiger partial charge in [0, 0.05) is 18.9 Å². The predicted octanol–water partition coefficient (Wildman–Crippen LogP) is 3.60. The Labute approximate surface area is 137 Å². The Hall–Kier alpha value is -2.15. The number of thioether (sulfide) groups is 1. The summed E-state index contributed by atoms with van der Waals surface area (Å²) >= 11 is 1.02. The molecule has 0 spiro atoms. The molecule has 7 heteroatoms. The molecule has 3 rings (SSSR count). The van der Waals surface area contributed by atoms with E-state index in [1.54, 1.807) is 18.2 Å². The van der Waals surface area contributed by atoms with Crippen LogP contribution in [0.1, 0.15) is 32.1 Å². The van der Waals surface area contributed by atoms with Crippen LogP contribution in [0.3, 0.4) is 0 Å². The van der Waals surface area contributed by atoms with E-state index in [1.165, 1.54) is 6.07 Å². The van der Waals surface area contributed by atoms with Crippen molar-refractivity contribution in [3.8, 4) is 0 Å². The van der Waals surface area contributed by atoms with Crippen LogP contribution in [-0.4, -0.2) is 16.7 Å². The van der Waals surface area contributed by atoms with Gasteiger partial charge in [0.15, 0.2) is 5.78 Å². The lowest BCUT2D eigenvalue weighted by molar-refractivity contribution is -0.387. The number of esters is 1. The number of ketones is 1. The lowest BCUT2D eigenvalue weighted by atomic mass is 10.0. The van der Waals surface area contributed by atoms with Gasteiger partial charge in [0.05, 0.1) is 20.6 Å². The summed E-state index contributed by atoms with van der Waals surface area (Å²) in [7, 11) is 0. The van der Waals surface area contributed by atoms with Gasteiger partial charge in [-0.2, -0.15) is 0 Å². The van der Waals surface area contributed by atoms with E-state index in [2.05, 4.69) is 0 Å². The maximum atomic E-state index is 12.2. The van der Waals surface area contributed by atoms with Crippen LogP contribution in [0, 0.1) is 16.0 Å². The van der Waals surface area contributed by atoms with Crippen molar-refractivity contribution in [1.29, 1.82) is 0 Å². The molecule has 1 aromatic carbocycles. The summed E-state index contributed by atoms with van der Waals surface area (Å²) < 4.78 is 5.40. The zero-order chi connectivity index (χ0) is 16.4. The Bertz CT molecular complexity index is 708. The maximum absolute atomic E-state index is 12.2. The van der Waals surface area contributed by atoms with Crippen molar-refractivity contribution in [1.82, 2.24) is 0 Å². The molecule has 0 amide bonds. The van der Waals surface area contributed by atoms with Gasteiger partial charge in [-0.3, -0.25) is 19.7 Å². The fourth-order valence-electron chi connectivity index (χ4n) is 2.33. The van der Waals surface area contributed by atoms with Crippen LogP contribution in [0.15, 0.2) is 39.8 Å². The highest BCUT2D eigenvalue weighted by molar-refractivity contribution is 8.04. The van der Waals surface area contributed by atoms with Gasteiger partial charge in [-0.25, -0.2) is 0 Å². The molecule has 0 heterocycles. The van der Waals surface area contributed by atoms with Gasteiger partial charge in [0.25, 0.3) is 5.69 Å². The van der Waals surface area contributed by atoms with Crippen molar-refractivity contribution in [3.05, 3.63) is 45.0 Å². The fraction of sp³-hybridized carbons (Fsp3) is 0.375. The molecule has 1 aromatic rings. The Morgan fingerprint density at radius 1 is 1.26 bits per heavy atom. The minimum Gasteiger partial charge on any atom is -0.430 e. The zero-order valence-electron chi connectivity index (χ0n) is 12.3. The number of hydrogen-bond acceptors (Lipinski definition) is 6. The highest BCUT2D eigenvalue weighted by Gasteiger charge is 2.34. The first-order valence-corrected chi connectivity index (χ1v) is 8.27. The van der Waals surface area contributed by atoms with Gasteiger partial charge in [0.1, 0.15) is 5.76 Å². The standard InChI is InChI=1S/C16H15NO5S/c18-12-5-3-6-13(22-16(19)10-8-9-10)15(12)23-14-7-2-1-4-11(14)17(20)21/h1-2,4,7,10H,3,5-6,8-9H2. The van der Waals surface area contributed by atoms with Gasteiger partial charge in [-0.1, -0.05) is 23.9 Å². The third-order valence-electron chi connectivity index (χ3n) is 3.72. The number of benzene rings is 1. The second kappa shape index (κ2) is 6.54. The smallest absolute Gasteiger partial charge is 0.314 e. The monoisotopic (exact) mass is 333 g/mol. The number of para-hydroxylation sites is 1. The Morgan fingerprint density at radius 3 is 2.70 bits per heavy atom. The summed E-state index contributed by atoms with van der Waals surface area (Å²) in [6.07, 6.45) is 3.16. The Balaban J connectivity index is 1.89. The number of nitro groups is 1. The molecule has 0 radical (unpaired) electrons. The first kappa shape index (κ1) is 15.7. The molecular formula is C16H15NO5S. The maximum Gasteiger partial charge on any atom is 0.314 e. The van der Waals surface area contributed by atoms with Gasteiger partial charge in [-0.05, 0) is 25.3 Å². The molecule has 6 nitrogen and oxygen atoms in total. The highest BCUT2D eigenvalue weighted by atomic mass is 32.2. The minimum absolute atomic E-state index is 0.0585. The normalized spacial score (nSPS) is 18.0. The number of nitro benzene ring substituents is 1. The molecule has 0 saturated heterocycles. The van der Waals surface area contributed by atoms with E-state index in [0.717, 1.165) is 24.6 Å². The number of Topliss-reactive ketones (excluding diaryl/α,β-unsaturated/α-hetero) is 1. The molecule has 1 saturated carbocycles. The van der Waals surface area contributed by atoms with Crippen molar-refractivity contribution in [2.75, 3.05) is 0 Å². The van der Waals surface area contributed by atoms with Crippen LogP contribution < -0.4 is 0 Å². The van der Waals surface area contributed by atoms with Crippen molar-refractivity contribution in [2.45, 2.75) is 37.0 Å². The van der Waals surface area contributed by atoms with Crippen LogP contribution in [-0.2, 0) is 14.3 Å². The van der Waals surface area contributed by atoms with E-state index in [-0.39, 0.29) is 23.4 Å². The van der Waals surface area contributed by atoms with Gasteiger partial charge < -0.3 is 4.74 Å². The lowest BCUT2D eigenvalue weighted by Gasteiger charge is -2.18. The molecule has 0 unspecified atom stereocenters. The molecule has 1 fully saturated rings. The summed E-state index contributed by atoms with van der Waals surface area (Å²) in [4.78, 5) is 35.4. The van der Waals surface area contributed by atoms with E-state index in [4.69, 9.17) is 4.74 Å². The number of carbonyl (C=O) groups is 2. The number of carbonyl (C=O) groups excluding carboxylic acids is 2. The first-order valence-electron chi connectivity index (χ1n) is 7.45. The second-order valence-electron chi connectivity index (χ2n) is 5.55. The average Bonchev–Trinajstić information content (AvgIpc) is 3.36. The van der Waals surface area contributed by atoms with E-state index in [1.807, 2.05) is 0 Å². The largest absolute Gasteiger partial charge is 0.430 e. The molecule has 0 aliphatic heterocycles. The molecule has 0 atom stereocenters. The number of rotatable bonds is 5. The summed E-state index contributed by atoms with van der Waals surface area (Å²) in [5.74, 6) is -0.119. The van der Waals surface area contributed by atoms with Gasteiger partial charge >= 0.3 is 5.97 Å². The van der Waals surface area contributed by atoms with E-state index in [0.29, 0.717) is 34.8 Å². The van der Waals surface area contributed by atoms with Gasteiger partial charge in [0.2, 0.25) is 0 Å². The van der Waals surface area contributed by atoms with Crippen molar-refractivity contribution in [2.24, 2.45) is 5.92 Å². The zero-order valence-corrected chi connectivity index (χ0v) is 13.1. The average molecular weight is 333 g/mol. The fourth-order valence-corrected chi connectivity index (χ4v) is 3.42. The molecule has 0 N–H and O–H groups in total. The van der Waals surface area contributed by atoms with E-state index >= 15 is 0 Å². The molecule has 2 aliphatic rings. The third kappa shape index (κ3) is 3.61. The molecule has 0 aromatic heterocycles. The highest BCUT2D eigenvalue weighted by Crippen LogP contribution is 2.40. The molecule has 23 heavy (non-hydrogen) atoms. The topological polar surface area (TPSA) is 86.5 Å². The van der Waals surface area contributed by atoms with E-state index in [9.17, 15) is 19.7 Å². The van der Waals surface area contributed by atoms with Crippen molar-refractivity contribution < 1.29 is 19.2 Å². The first-order chi connectivity index (χ1) is 11.1. The Morgan fingerprint density at radius 2 is 2.00 bits per heavy atom. The minimum atomic E-state index is -0.480. The molecular weight excluding hydrogens is 318 g/mol. The van der Waals surface area contributed by atoms with Crippen molar-refractivity contribution >= 4 is 29.2 Å². The van der Waals surface area contributed by atoms with Crippen LogP contribution in [0.5, 0.6) is 0 Å². The van der Waals surface area contributed by atoms with E-state index < -0.39 is 4.92 Å². The summed E-state index contributed by atoms with van der Waals surface area (Å²) in [6, 6.07) is 6.25. The van der Waals surface area contributed by atoms with Crippen molar-refractivity contribution in [3.63, 3.8) is 0 Å². The van der Waals surface area contributed by atoms with Crippen LogP contribution >= 0.6 is 11.8 Å². The molecule has 120 valence electrons. The number of nitrogens with zero attached hydrogens (tertiary/aromatic N) is 1. The van der Waals surface area contributed by atoms with Crippen LogP contribution in [0.4, 0.5) is 5.69 Å². The van der Waals surface area contributed by atoms with Crippen LogP contribution in [0.25, 0.3) is 0 Å². The number of ether oxygens (including phenoxy) is 1. The number of hydrogen-bond donors (Lipinski definition) is 0. The quantitative estimate of drug-likeness (QED) is 0.465. The summed E-state index contributed by atoms with van der Waals surface area (Å²) in [6.45, 7) is 0. The second-order valence-corrected chi connectivity index (χ2v) is 6.60. The molecule has 0 bridgehead atoms. The predicted molar refractivity (Wildman–Crippen MR) is 83.7 cm³/mol. The summed E-state index contributed by atoms with van der Waals surface area (Å²) in [5.41, 5.74) is -0.0590. The van der Waals surface area contributed by atoms with Gasteiger partial charge in [-0.15, -0.1) is 0 Å². The Kier molecular flexibility index (Phi) is 4.47. The van der Waals surface area contributed by atoms with Crippen LogP contribution in [0.2, 0.25) is 0 Å². The summed E-state index contributed by atoms with van der Waals surface area (Å²) in [5, 5.41) is 11.1. The third-order valence-corrected chi connectivity index (χ3v) is 4.95. The molecule has 2 aliphatic carbocycles. The number of allylic oxidation sites excluding steroid dienone is 2.